The van der Waals surface area contributed by atoms with Gasteiger partial charge in [0.05, 0.1) is 18.2 Å². The van der Waals surface area contributed by atoms with Gasteiger partial charge < -0.3 is 19.2 Å². The second kappa shape index (κ2) is 7.48. The number of ether oxygens (including phenoxy) is 1. The Kier molecular flexibility index (Phi) is 4.53. The zero-order chi connectivity index (χ0) is 19.6. The third-order valence-corrected chi connectivity index (χ3v) is 5.19. The van der Waals surface area contributed by atoms with Crippen LogP contribution in [-0.2, 0) is 4.74 Å². The molecule has 0 saturated carbocycles. The number of nitrogens with zero attached hydrogens (tertiary/aromatic N) is 5. The quantitative estimate of drug-likeness (QED) is 0.580. The number of imidazole rings is 2. The summed E-state index contributed by atoms with van der Waals surface area (Å²) in [7, 11) is 0. The standard InChI is InChI=1S/C21H20N6O2/c28-21(25-16-1-3-17(4-2-16)26-8-7-22-13-26)15-11-19-20(23-12-15)27(14-24-19)18-5-9-29-10-6-18/h1-4,7-8,11-14,18H,5-6,9-10H2,(H,25,28). The van der Waals surface area contributed by atoms with Crippen molar-refractivity contribution >= 4 is 22.8 Å². The van der Waals surface area contributed by atoms with E-state index in [1.165, 1.54) is 0 Å². The highest BCUT2D eigenvalue weighted by Gasteiger charge is 2.19. The summed E-state index contributed by atoms with van der Waals surface area (Å²) in [6, 6.07) is 9.70. The van der Waals surface area contributed by atoms with Crippen LogP contribution in [0.15, 0.2) is 61.6 Å². The maximum absolute atomic E-state index is 12.7. The first-order valence-corrected chi connectivity index (χ1v) is 9.58. The molecular formula is C21H20N6O2. The van der Waals surface area contributed by atoms with Gasteiger partial charge in [0.15, 0.2) is 5.65 Å². The number of nitrogens with one attached hydrogen (secondary N) is 1. The molecular weight excluding hydrogens is 368 g/mol. The van der Waals surface area contributed by atoms with E-state index in [0.29, 0.717) is 17.3 Å². The SMILES string of the molecule is O=C(Nc1ccc(-n2ccnc2)cc1)c1cnc2c(c1)ncn2C1CCOCC1. The van der Waals surface area contributed by atoms with Crippen molar-refractivity contribution in [3.63, 3.8) is 0 Å². The Morgan fingerprint density at radius 1 is 1.10 bits per heavy atom. The molecule has 8 heteroatoms. The van der Waals surface area contributed by atoms with Gasteiger partial charge in [0, 0.05) is 49.2 Å². The van der Waals surface area contributed by atoms with Gasteiger partial charge in [-0.15, -0.1) is 0 Å². The number of anilines is 1. The van der Waals surface area contributed by atoms with Crippen molar-refractivity contribution in [2.75, 3.05) is 18.5 Å². The highest BCUT2D eigenvalue weighted by molar-refractivity contribution is 6.05. The number of aromatic nitrogens is 5. The fourth-order valence-electron chi connectivity index (χ4n) is 3.61. The molecule has 1 aliphatic rings. The first-order valence-electron chi connectivity index (χ1n) is 9.58. The van der Waals surface area contributed by atoms with Crippen LogP contribution in [-0.4, -0.2) is 43.2 Å². The second-order valence-corrected chi connectivity index (χ2v) is 7.03. The highest BCUT2D eigenvalue weighted by Crippen LogP contribution is 2.25. The molecule has 0 unspecified atom stereocenters. The minimum Gasteiger partial charge on any atom is -0.381 e. The van der Waals surface area contributed by atoms with Crippen molar-refractivity contribution in [2.24, 2.45) is 0 Å². The monoisotopic (exact) mass is 388 g/mol. The molecule has 3 aromatic heterocycles. The van der Waals surface area contributed by atoms with Gasteiger partial charge >= 0.3 is 0 Å². The molecule has 1 N–H and O–H groups in total. The lowest BCUT2D eigenvalue weighted by Gasteiger charge is -2.23. The number of carbonyl (C=O) groups is 1. The Morgan fingerprint density at radius 3 is 2.69 bits per heavy atom. The summed E-state index contributed by atoms with van der Waals surface area (Å²) in [5.41, 5.74) is 3.69. The molecule has 1 aliphatic heterocycles. The van der Waals surface area contributed by atoms with E-state index >= 15 is 0 Å². The number of rotatable bonds is 4. The fraction of sp³-hybridized carbons (Fsp3) is 0.238. The molecule has 1 saturated heterocycles. The lowest BCUT2D eigenvalue weighted by Crippen LogP contribution is -2.19. The summed E-state index contributed by atoms with van der Waals surface area (Å²) in [4.78, 5) is 25.7. The highest BCUT2D eigenvalue weighted by atomic mass is 16.5. The largest absolute Gasteiger partial charge is 0.381 e. The zero-order valence-electron chi connectivity index (χ0n) is 15.7. The average Bonchev–Trinajstić information content (AvgIpc) is 3.45. The molecule has 5 rings (SSSR count). The van der Waals surface area contributed by atoms with E-state index in [1.807, 2.05) is 41.4 Å². The van der Waals surface area contributed by atoms with Gasteiger partial charge in [-0.3, -0.25) is 4.79 Å². The molecule has 4 aromatic rings. The summed E-state index contributed by atoms with van der Waals surface area (Å²) in [6.07, 6.45) is 10.6. The summed E-state index contributed by atoms with van der Waals surface area (Å²) in [6.45, 7) is 1.51. The predicted octanol–water partition coefficient (Wildman–Crippen LogP) is 3.22. The Labute approximate surface area is 167 Å². The normalized spacial score (nSPS) is 14.9. The number of hydrogen-bond donors (Lipinski definition) is 1. The maximum Gasteiger partial charge on any atom is 0.257 e. The van der Waals surface area contributed by atoms with E-state index in [1.54, 1.807) is 24.8 Å². The summed E-state index contributed by atoms with van der Waals surface area (Å²) in [5.74, 6) is -0.213. The predicted molar refractivity (Wildman–Crippen MR) is 108 cm³/mol. The average molecular weight is 388 g/mol. The fourth-order valence-corrected chi connectivity index (χ4v) is 3.61. The van der Waals surface area contributed by atoms with Crippen LogP contribution in [0.5, 0.6) is 0 Å². The molecule has 8 nitrogen and oxygen atoms in total. The summed E-state index contributed by atoms with van der Waals surface area (Å²) >= 11 is 0. The number of hydrogen-bond acceptors (Lipinski definition) is 5. The van der Waals surface area contributed by atoms with Crippen LogP contribution >= 0.6 is 0 Å². The van der Waals surface area contributed by atoms with Crippen LogP contribution in [0.4, 0.5) is 5.69 Å². The third kappa shape index (κ3) is 3.50. The number of amides is 1. The van der Waals surface area contributed by atoms with Gasteiger partial charge in [0.25, 0.3) is 5.91 Å². The summed E-state index contributed by atoms with van der Waals surface area (Å²) < 4.78 is 9.43. The van der Waals surface area contributed by atoms with Crippen LogP contribution in [0, 0.1) is 0 Å². The summed E-state index contributed by atoms with van der Waals surface area (Å²) in [5, 5.41) is 2.91. The van der Waals surface area contributed by atoms with Crippen molar-refractivity contribution < 1.29 is 9.53 Å². The minimum absolute atomic E-state index is 0.213. The number of carbonyl (C=O) groups excluding carboxylic acids is 1. The van der Waals surface area contributed by atoms with Crippen molar-refractivity contribution in [2.45, 2.75) is 18.9 Å². The first kappa shape index (κ1) is 17.6. The maximum atomic E-state index is 12.7. The molecule has 0 aliphatic carbocycles. The van der Waals surface area contributed by atoms with E-state index in [0.717, 1.165) is 42.9 Å². The topological polar surface area (TPSA) is 86.9 Å². The molecule has 1 amide bonds. The zero-order valence-corrected chi connectivity index (χ0v) is 15.7. The molecule has 1 fully saturated rings. The lowest BCUT2D eigenvalue weighted by atomic mass is 10.1. The Hall–Kier alpha value is -3.52. The van der Waals surface area contributed by atoms with Crippen molar-refractivity contribution in [1.29, 1.82) is 0 Å². The van der Waals surface area contributed by atoms with Crippen molar-refractivity contribution in [1.82, 2.24) is 24.1 Å². The van der Waals surface area contributed by atoms with Crippen molar-refractivity contribution in [3.05, 3.63) is 67.1 Å². The van der Waals surface area contributed by atoms with Gasteiger partial charge in [-0.25, -0.2) is 15.0 Å². The van der Waals surface area contributed by atoms with Gasteiger partial charge in [-0.1, -0.05) is 0 Å². The van der Waals surface area contributed by atoms with Crippen LogP contribution in [0.2, 0.25) is 0 Å². The second-order valence-electron chi connectivity index (χ2n) is 7.03. The molecule has 4 heterocycles. The lowest BCUT2D eigenvalue weighted by molar-refractivity contribution is 0.0704. The molecule has 146 valence electrons. The molecule has 0 bridgehead atoms. The van der Waals surface area contributed by atoms with Gasteiger partial charge in [0.2, 0.25) is 0 Å². The van der Waals surface area contributed by atoms with Crippen LogP contribution < -0.4 is 5.32 Å². The van der Waals surface area contributed by atoms with Gasteiger partial charge in [-0.2, -0.15) is 0 Å². The van der Waals surface area contributed by atoms with Gasteiger partial charge in [-0.05, 0) is 43.2 Å². The van der Waals surface area contributed by atoms with Crippen LogP contribution in [0.3, 0.4) is 0 Å². The molecule has 0 radical (unpaired) electrons. The number of benzene rings is 1. The smallest absolute Gasteiger partial charge is 0.257 e. The van der Waals surface area contributed by atoms with Crippen LogP contribution in [0.1, 0.15) is 29.2 Å². The van der Waals surface area contributed by atoms with Crippen molar-refractivity contribution in [3.8, 4) is 5.69 Å². The van der Waals surface area contributed by atoms with E-state index in [2.05, 4.69) is 24.8 Å². The molecule has 0 atom stereocenters. The van der Waals surface area contributed by atoms with Gasteiger partial charge in [0.1, 0.15) is 5.52 Å². The van der Waals surface area contributed by atoms with E-state index in [-0.39, 0.29) is 5.91 Å². The van der Waals surface area contributed by atoms with E-state index in [4.69, 9.17) is 4.74 Å². The third-order valence-electron chi connectivity index (χ3n) is 5.19. The minimum atomic E-state index is -0.213. The first-order chi connectivity index (χ1) is 14.3. The number of fused-ring (bicyclic) bond motifs is 1. The molecule has 0 spiro atoms. The Bertz CT molecular complexity index is 1130. The number of pyridine rings is 1. The molecule has 29 heavy (non-hydrogen) atoms. The van der Waals surface area contributed by atoms with E-state index in [9.17, 15) is 4.79 Å². The van der Waals surface area contributed by atoms with Crippen LogP contribution in [0.25, 0.3) is 16.9 Å². The van der Waals surface area contributed by atoms with E-state index < -0.39 is 0 Å². The molecule has 1 aromatic carbocycles. The Balaban J connectivity index is 1.33. The Morgan fingerprint density at radius 2 is 1.93 bits per heavy atom.